The number of nitrogens with two attached hydrogens (primary N) is 2. The highest BCUT2D eigenvalue weighted by Gasteiger charge is 2.29. The molecule has 0 saturated carbocycles. The Morgan fingerprint density at radius 2 is 1.74 bits per heavy atom. The molecule has 0 saturated heterocycles. The van der Waals surface area contributed by atoms with Crippen molar-refractivity contribution in [2.75, 3.05) is 6.54 Å². The summed E-state index contributed by atoms with van der Waals surface area (Å²) in [6, 6.07) is -3.23. The van der Waals surface area contributed by atoms with Gasteiger partial charge in [0.15, 0.2) is 0 Å². The summed E-state index contributed by atoms with van der Waals surface area (Å²) in [5.74, 6) is -4.22. The zero-order valence-corrected chi connectivity index (χ0v) is 17.4. The third kappa shape index (κ3) is 9.25. The number of carbonyl (C=O) groups is 5. The maximum atomic E-state index is 12.8. The first-order valence-electron chi connectivity index (χ1n) is 9.62. The summed E-state index contributed by atoms with van der Waals surface area (Å²) in [6.07, 6.45) is 2.51. The second-order valence-electron chi connectivity index (χ2n) is 7.29. The summed E-state index contributed by atoms with van der Waals surface area (Å²) in [5, 5.41) is 15.9. The van der Waals surface area contributed by atoms with Crippen molar-refractivity contribution in [3.05, 3.63) is 18.2 Å². The van der Waals surface area contributed by atoms with E-state index in [0.29, 0.717) is 5.69 Å². The average Bonchev–Trinajstić information content (AvgIpc) is 3.20. The molecular weight excluding hydrogens is 410 g/mol. The quantitative estimate of drug-likeness (QED) is 0.172. The Morgan fingerprint density at radius 3 is 2.26 bits per heavy atom. The molecular formula is C18H29N7O6. The van der Waals surface area contributed by atoms with Gasteiger partial charge in [-0.1, -0.05) is 13.8 Å². The molecule has 13 nitrogen and oxygen atoms in total. The Bertz CT molecular complexity index is 780. The van der Waals surface area contributed by atoms with E-state index in [9.17, 15) is 24.0 Å². The molecule has 0 aliphatic carbocycles. The second kappa shape index (κ2) is 12.3. The minimum absolute atomic E-state index is 0.0147. The van der Waals surface area contributed by atoms with Crippen LogP contribution in [-0.2, 0) is 30.4 Å². The number of hydrogen-bond donors (Lipinski definition) is 7. The first kappa shape index (κ1) is 25.6. The Morgan fingerprint density at radius 1 is 1.10 bits per heavy atom. The van der Waals surface area contributed by atoms with Crippen molar-refractivity contribution in [2.45, 2.75) is 51.2 Å². The lowest BCUT2D eigenvalue weighted by Crippen LogP contribution is -2.57. The number of rotatable bonds is 13. The third-order valence-electron chi connectivity index (χ3n) is 4.36. The molecule has 1 rings (SSSR count). The molecule has 4 amide bonds. The lowest BCUT2D eigenvalue weighted by Gasteiger charge is -2.24. The largest absolute Gasteiger partial charge is 0.480 e. The monoisotopic (exact) mass is 439 g/mol. The third-order valence-corrected chi connectivity index (χ3v) is 4.36. The van der Waals surface area contributed by atoms with E-state index in [4.69, 9.17) is 16.6 Å². The van der Waals surface area contributed by atoms with Gasteiger partial charge < -0.3 is 37.5 Å². The second-order valence-corrected chi connectivity index (χ2v) is 7.29. The van der Waals surface area contributed by atoms with E-state index in [2.05, 4.69) is 25.9 Å². The predicted molar refractivity (Wildman–Crippen MR) is 108 cm³/mol. The van der Waals surface area contributed by atoms with Crippen LogP contribution in [0.15, 0.2) is 12.5 Å². The fraction of sp³-hybridized carbons (Fsp3) is 0.556. The van der Waals surface area contributed by atoms with Crippen molar-refractivity contribution < 1.29 is 29.1 Å². The summed E-state index contributed by atoms with van der Waals surface area (Å²) < 4.78 is 0. The number of aromatic amines is 1. The van der Waals surface area contributed by atoms with Gasteiger partial charge in [0.25, 0.3) is 0 Å². The average molecular weight is 439 g/mol. The number of aromatic nitrogens is 2. The number of H-pyrrole nitrogens is 1. The molecule has 0 spiro atoms. The van der Waals surface area contributed by atoms with Crippen molar-refractivity contribution in [1.82, 2.24) is 25.9 Å². The summed E-state index contributed by atoms with van der Waals surface area (Å²) in [7, 11) is 0. The molecule has 1 heterocycles. The summed E-state index contributed by atoms with van der Waals surface area (Å²) in [4.78, 5) is 66.1. The smallest absolute Gasteiger partial charge is 0.322 e. The minimum atomic E-state index is -1.26. The molecule has 1 aromatic heterocycles. The number of primary amides is 1. The van der Waals surface area contributed by atoms with Crippen LogP contribution in [0.5, 0.6) is 0 Å². The number of amides is 4. The molecule has 13 heteroatoms. The van der Waals surface area contributed by atoms with Gasteiger partial charge in [0.05, 0.1) is 12.4 Å². The first-order valence-corrected chi connectivity index (χ1v) is 9.62. The van der Waals surface area contributed by atoms with Gasteiger partial charge in [-0.15, -0.1) is 0 Å². The molecule has 0 aromatic carbocycles. The van der Waals surface area contributed by atoms with E-state index in [1.54, 1.807) is 13.8 Å². The van der Waals surface area contributed by atoms with Crippen LogP contribution in [0.4, 0.5) is 0 Å². The Hall–Kier alpha value is -3.48. The Balaban J connectivity index is 2.96. The van der Waals surface area contributed by atoms with Crippen molar-refractivity contribution in [3.8, 4) is 0 Å². The highest BCUT2D eigenvalue weighted by Crippen LogP contribution is 2.05. The Labute approximate surface area is 178 Å². The highest BCUT2D eigenvalue weighted by atomic mass is 16.4. The standard InChI is InChI=1S/C18H29N7O6/c1-9(2)15(20)18(31)24-11(3-4-13(19)26)17(30)25-12(5-10-6-21-8-23-10)16(29)22-7-14(27)28/h6,8-9,11-12,15H,3-5,7,20H2,1-2H3,(H2,19,26)(H,21,23)(H,22,29)(H,24,31)(H,25,30)(H,27,28). The maximum absolute atomic E-state index is 12.8. The van der Waals surface area contributed by atoms with Gasteiger partial charge in [-0.25, -0.2) is 4.98 Å². The number of carbonyl (C=O) groups excluding carboxylic acids is 4. The Kier molecular flexibility index (Phi) is 10.1. The van der Waals surface area contributed by atoms with E-state index in [1.807, 2.05) is 0 Å². The number of hydrogen-bond acceptors (Lipinski definition) is 7. The topological polar surface area (TPSA) is 222 Å². The SMILES string of the molecule is CC(C)C(N)C(=O)NC(CCC(N)=O)C(=O)NC(Cc1cnc[nH]1)C(=O)NCC(=O)O. The number of carboxylic acid groups (broad SMARTS) is 1. The van der Waals surface area contributed by atoms with Crippen molar-refractivity contribution >= 4 is 29.6 Å². The van der Waals surface area contributed by atoms with Gasteiger partial charge in [-0.2, -0.15) is 0 Å². The van der Waals surface area contributed by atoms with Gasteiger partial charge in [-0.3, -0.25) is 24.0 Å². The van der Waals surface area contributed by atoms with Crippen LogP contribution >= 0.6 is 0 Å². The molecule has 0 aliphatic rings. The van der Waals surface area contributed by atoms with Crippen molar-refractivity contribution in [2.24, 2.45) is 17.4 Å². The first-order chi connectivity index (χ1) is 14.5. The van der Waals surface area contributed by atoms with Gasteiger partial charge >= 0.3 is 5.97 Å². The van der Waals surface area contributed by atoms with Gasteiger partial charge in [0.2, 0.25) is 23.6 Å². The number of imidazole rings is 1. The van der Waals surface area contributed by atoms with E-state index in [-0.39, 0.29) is 25.2 Å². The van der Waals surface area contributed by atoms with E-state index < -0.39 is 54.3 Å². The van der Waals surface area contributed by atoms with Crippen LogP contribution in [0.3, 0.4) is 0 Å². The molecule has 3 atom stereocenters. The lowest BCUT2D eigenvalue weighted by molar-refractivity contribution is -0.138. The van der Waals surface area contributed by atoms with Crippen molar-refractivity contribution in [1.29, 1.82) is 0 Å². The fourth-order valence-electron chi connectivity index (χ4n) is 2.51. The van der Waals surface area contributed by atoms with Crippen molar-refractivity contribution in [3.63, 3.8) is 0 Å². The molecule has 172 valence electrons. The zero-order valence-electron chi connectivity index (χ0n) is 17.4. The van der Waals surface area contributed by atoms with Crippen LogP contribution < -0.4 is 27.4 Å². The van der Waals surface area contributed by atoms with Crippen LogP contribution in [0.1, 0.15) is 32.4 Å². The summed E-state index contributed by atoms with van der Waals surface area (Å²) >= 11 is 0. The van der Waals surface area contributed by atoms with Crippen LogP contribution in [0.2, 0.25) is 0 Å². The normalized spacial score (nSPS) is 13.7. The zero-order chi connectivity index (χ0) is 23.6. The number of nitrogens with zero attached hydrogens (tertiary/aromatic N) is 1. The van der Waals surface area contributed by atoms with E-state index >= 15 is 0 Å². The molecule has 9 N–H and O–H groups in total. The molecule has 0 aliphatic heterocycles. The molecule has 0 fully saturated rings. The van der Waals surface area contributed by atoms with E-state index in [1.165, 1.54) is 12.5 Å². The molecule has 0 bridgehead atoms. The van der Waals surface area contributed by atoms with Gasteiger partial charge in [0.1, 0.15) is 18.6 Å². The summed E-state index contributed by atoms with van der Waals surface area (Å²) in [6.45, 7) is 2.82. The van der Waals surface area contributed by atoms with Crippen LogP contribution in [0, 0.1) is 5.92 Å². The predicted octanol–water partition coefficient (Wildman–Crippen LogP) is -2.63. The number of nitrogens with one attached hydrogen (secondary N) is 4. The molecule has 31 heavy (non-hydrogen) atoms. The van der Waals surface area contributed by atoms with E-state index in [0.717, 1.165) is 0 Å². The van der Waals surface area contributed by atoms with Gasteiger partial charge in [0, 0.05) is 24.7 Å². The number of aliphatic carboxylic acids is 1. The molecule has 1 aromatic rings. The lowest BCUT2D eigenvalue weighted by atomic mass is 10.0. The molecule has 3 unspecified atom stereocenters. The van der Waals surface area contributed by atoms with Gasteiger partial charge in [-0.05, 0) is 12.3 Å². The maximum Gasteiger partial charge on any atom is 0.322 e. The highest BCUT2D eigenvalue weighted by molar-refractivity contribution is 5.94. The van der Waals surface area contributed by atoms with Crippen LogP contribution in [0.25, 0.3) is 0 Å². The summed E-state index contributed by atoms with van der Waals surface area (Å²) in [5.41, 5.74) is 11.5. The van der Waals surface area contributed by atoms with Crippen LogP contribution in [-0.4, -0.2) is 69.3 Å². The fourth-order valence-corrected chi connectivity index (χ4v) is 2.51. The molecule has 0 radical (unpaired) electrons. The number of carboxylic acids is 1. The minimum Gasteiger partial charge on any atom is -0.480 e.